The molecule has 4 heteroatoms. The Morgan fingerprint density at radius 3 is 2.92 bits per heavy atom. The van der Waals surface area contributed by atoms with Crippen molar-refractivity contribution >= 4 is 26.8 Å². The normalized spacial score (nSPS) is 11.0. The summed E-state index contributed by atoms with van der Waals surface area (Å²) in [5, 5.41) is 4.95. The minimum absolute atomic E-state index is 0.273. The number of nitrogens with zero attached hydrogens (tertiary/aromatic N) is 2. The third-order valence-corrected chi connectivity index (χ3v) is 2.79. The summed E-state index contributed by atoms with van der Waals surface area (Å²) in [5.74, 6) is -0.273. The fourth-order valence-corrected chi connectivity index (χ4v) is 1.95. The Morgan fingerprint density at radius 2 is 2.31 bits per heavy atom. The lowest BCUT2D eigenvalue weighted by molar-refractivity contribution is 0.619. The highest BCUT2D eigenvalue weighted by atomic mass is 79.9. The summed E-state index contributed by atoms with van der Waals surface area (Å²) in [6, 6.07) is 4.95. The van der Waals surface area contributed by atoms with Crippen molar-refractivity contribution in [1.82, 2.24) is 9.78 Å². The highest BCUT2D eigenvalue weighted by molar-refractivity contribution is 9.10. The minimum atomic E-state index is -0.273. The molecule has 0 amide bonds. The number of aryl methyl sites for hydroxylation is 1. The lowest BCUT2D eigenvalue weighted by atomic mass is 10.2. The molecule has 0 saturated carbocycles. The van der Waals surface area contributed by atoms with Crippen LogP contribution < -0.4 is 0 Å². The number of fused-ring (bicyclic) bond motifs is 1. The van der Waals surface area contributed by atoms with Crippen LogP contribution >= 0.6 is 15.9 Å². The summed E-state index contributed by atoms with van der Waals surface area (Å²) < 4.78 is 15.8. The van der Waals surface area contributed by atoms with Gasteiger partial charge in [-0.1, -0.05) is 6.07 Å². The summed E-state index contributed by atoms with van der Waals surface area (Å²) in [7, 11) is 0. The molecule has 0 aliphatic heterocycles. The van der Waals surface area contributed by atoms with Crippen molar-refractivity contribution in [3.05, 3.63) is 28.6 Å². The van der Waals surface area contributed by atoms with E-state index >= 15 is 0 Å². The number of hydrogen-bond acceptors (Lipinski definition) is 1. The molecule has 2 aromatic rings. The second-order valence-electron chi connectivity index (χ2n) is 2.74. The van der Waals surface area contributed by atoms with Gasteiger partial charge in [-0.05, 0) is 35.0 Å². The van der Waals surface area contributed by atoms with Gasteiger partial charge in [-0.25, -0.2) is 4.39 Å². The first-order valence-electron chi connectivity index (χ1n) is 4.04. The van der Waals surface area contributed by atoms with Gasteiger partial charge in [0.25, 0.3) is 0 Å². The Bertz CT molecular complexity index is 450. The molecule has 0 atom stereocenters. The molecule has 1 aromatic carbocycles. The molecule has 2 rings (SSSR count). The average molecular weight is 243 g/mol. The first-order valence-corrected chi connectivity index (χ1v) is 4.84. The van der Waals surface area contributed by atoms with Crippen molar-refractivity contribution in [2.75, 3.05) is 0 Å². The summed E-state index contributed by atoms with van der Waals surface area (Å²) in [5.41, 5.74) is 0.427. The quantitative estimate of drug-likeness (QED) is 0.752. The van der Waals surface area contributed by atoms with Crippen molar-refractivity contribution in [3.63, 3.8) is 0 Å². The maximum atomic E-state index is 13.2. The summed E-state index contributed by atoms with van der Waals surface area (Å²) in [6.45, 7) is 2.70. The van der Waals surface area contributed by atoms with Crippen LogP contribution in [0.1, 0.15) is 6.92 Å². The summed E-state index contributed by atoms with van der Waals surface area (Å²) in [4.78, 5) is 0. The molecule has 0 aliphatic rings. The van der Waals surface area contributed by atoms with E-state index in [0.29, 0.717) is 5.52 Å². The van der Waals surface area contributed by atoms with Gasteiger partial charge in [0.2, 0.25) is 0 Å². The van der Waals surface area contributed by atoms with E-state index in [9.17, 15) is 4.39 Å². The van der Waals surface area contributed by atoms with Gasteiger partial charge in [-0.15, -0.1) is 0 Å². The van der Waals surface area contributed by atoms with E-state index in [4.69, 9.17) is 0 Å². The van der Waals surface area contributed by atoms with Gasteiger partial charge in [0, 0.05) is 11.9 Å². The third kappa shape index (κ3) is 1.25. The second-order valence-corrected chi connectivity index (χ2v) is 3.49. The van der Waals surface area contributed by atoms with Crippen LogP contribution in [-0.2, 0) is 6.54 Å². The van der Waals surface area contributed by atoms with E-state index < -0.39 is 0 Å². The van der Waals surface area contributed by atoms with Crippen molar-refractivity contribution in [1.29, 1.82) is 0 Å². The zero-order valence-electron chi connectivity index (χ0n) is 7.09. The fraction of sp³-hybridized carbons (Fsp3) is 0.222. The van der Waals surface area contributed by atoms with Gasteiger partial charge in [-0.3, -0.25) is 4.68 Å². The highest BCUT2D eigenvalue weighted by Crippen LogP contribution is 2.25. The number of hydrogen-bond donors (Lipinski definition) is 0. The van der Waals surface area contributed by atoms with Crippen molar-refractivity contribution in [3.8, 4) is 0 Å². The SMILES string of the molecule is CCn1nc2c(F)cccc2c1Br. The largest absolute Gasteiger partial charge is 0.257 e. The number of halogens is 2. The first-order chi connectivity index (χ1) is 6.24. The Morgan fingerprint density at radius 1 is 1.54 bits per heavy atom. The number of rotatable bonds is 1. The predicted molar refractivity (Wildman–Crippen MR) is 53.1 cm³/mol. The van der Waals surface area contributed by atoms with Crippen LogP contribution in [0.25, 0.3) is 10.9 Å². The molecule has 0 N–H and O–H groups in total. The molecule has 68 valence electrons. The van der Waals surface area contributed by atoms with Gasteiger partial charge >= 0.3 is 0 Å². The minimum Gasteiger partial charge on any atom is -0.257 e. The van der Waals surface area contributed by atoms with Crippen molar-refractivity contribution < 1.29 is 4.39 Å². The lowest BCUT2D eigenvalue weighted by Crippen LogP contribution is -1.95. The van der Waals surface area contributed by atoms with Gasteiger partial charge in [0.1, 0.15) is 10.1 Å². The van der Waals surface area contributed by atoms with Gasteiger partial charge in [0.05, 0.1) is 0 Å². The Balaban J connectivity index is 2.83. The Kier molecular flexibility index (Phi) is 2.07. The van der Waals surface area contributed by atoms with Crippen LogP contribution in [0.2, 0.25) is 0 Å². The van der Waals surface area contributed by atoms with Crippen LogP contribution in [0.3, 0.4) is 0 Å². The van der Waals surface area contributed by atoms with Gasteiger partial charge in [0.15, 0.2) is 5.82 Å². The summed E-state index contributed by atoms with van der Waals surface area (Å²) in [6.07, 6.45) is 0. The van der Waals surface area contributed by atoms with E-state index in [0.717, 1.165) is 16.5 Å². The van der Waals surface area contributed by atoms with E-state index in [1.807, 2.05) is 13.0 Å². The van der Waals surface area contributed by atoms with Crippen LogP contribution in [0.5, 0.6) is 0 Å². The van der Waals surface area contributed by atoms with E-state index in [2.05, 4.69) is 21.0 Å². The molecule has 13 heavy (non-hydrogen) atoms. The monoisotopic (exact) mass is 242 g/mol. The molecule has 1 heterocycles. The topological polar surface area (TPSA) is 17.8 Å². The first kappa shape index (κ1) is 8.69. The van der Waals surface area contributed by atoms with Gasteiger partial charge < -0.3 is 0 Å². The Hall–Kier alpha value is -0.900. The number of aromatic nitrogens is 2. The second kappa shape index (κ2) is 3.10. The average Bonchev–Trinajstić information content (AvgIpc) is 2.45. The maximum Gasteiger partial charge on any atom is 0.151 e. The molecule has 0 unspecified atom stereocenters. The molecule has 0 radical (unpaired) electrons. The van der Waals surface area contributed by atoms with Crippen LogP contribution in [0.15, 0.2) is 22.8 Å². The zero-order chi connectivity index (χ0) is 9.42. The van der Waals surface area contributed by atoms with Crippen molar-refractivity contribution in [2.24, 2.45) is 0 Å². The lowest BCUT2D eigenvalue weighted by Gasteiger charge is -1.94. The smallest absolute Gasteiger partial charge is 0.151 e. The molecule has 0 fully saturated rings. The molecular formula is C9H8BrFN2. The molecule has 0 bridgehead atoms. The van der Waals surface area contributed by atoms with Crippen LogP contribution in [0, 0.1) is 5.82 Å². The molecule has 0 spiro atoms. The standard InChI is InChI=1S/C9H8BrFN2/c1-2-13-9(10)6-4-3-5-7(11)8(6)12-13/h3-5H,2H2,1H3. The molecule has 0 aliphatic carbocycles. The van der Waals surface area contributed by atoms with E-state index in [-0.39, 0.29) is 5.82 Å². The predicted octanol–water partition coefficient (Wildman–Crippen LogP) is 2.96. The van der Waals surface area contributed by atoms with Crippen molar-refractivity contribution in [2.45, 2.75) is 13.5 Å². The maximum absolute atomic E-state index is 13.2. The molecular weight excluding hydrogens is 235 g/mol. The number of benzene rings is 1. The van der Waals surface area contributed by atoms with Crippen LogP contribution in [0.4, 0.5) is 4.39 Å². The molecule has 0 saturated heterocycles. The third-order valence-electron chi connectivity index (χ3n) is 1.96. The molecule has 2 nitrogen and oxygen atoms in total. The van der Waals surface area contributed by atoms with Crippen LogP contribution in [-0.4, -0.2) is 9.78 Å². The van der Waals surface area contributed by atoms with E-state index in [1.165, 1.54) is 6.07 Å². The fourth-order valence-electron chi connectivity index (χ4n) is 1.30. The highest BCUT2D eigenvalue weighted by Gasteiger charge is 2.09. The van der Waals surface area contributed by atoms with Gasteiger partial charge in [-0.2, -0.15) is 5.10 Å². The van der Waals surface area contributed by atoms with E-state index in [1.54, 1.807) is 10.7 Å². The summed E-state index contributed by atoms with van der Waals surface area (Å²) >= 11 is 3.38. The molecule has 1 aromatic heterocycles. The zero-order valence-corrected chi connectivity index (χ0v) is 8.68. The Labute approximate surface area is 83.5 Å².